The number of hydrogen-bond acceptors (Lipinski definition) is 3. The summed E-state index contributed by atoms with van der Waals surface area (Å²) >= 11 is 0. The third-order valence-corrected chi connectivity index (χ3v) is 4.07. The summed E-state index contributed by atoms with van der Waals surface area (Å²) in [5, 5.41) is 12.3. The zero-order valence-electron chi connectivity index (χ0n) is 12.4. The van der Waals surface area contributed by atoms with Crippen LogP contribution in [-0.2, 0) is 4.79 Å². The molecule has 0 bridgehead atoms. The second kappa shape index (κ2) is 6.11. The normalized spacial score (nSPS) is 21.3. The predicted octanol–water partition coefficient (Wildman–Crippen LogP) is 2.50. The molecule has 6 nitrogen and oxygen atoms in total. The lowest BCUT2D eigenvalue weighted by molar-refractivity contribution is -0.148. The van der Waals surface area contributed by atoms with E-state index in [4.69, 9.17) is 0 Å². The quantitative estimate of drug-likeness (QED) is 0.893. The van der Waals surface area contributed by atoms with E-state index >= 15 is 0 Å². The van der Waals surface area contributed by atoms with Crippen molar-refractivity contribution in [3.8, 4) is 0 Å². The van der Waals surface area contributed by atoms with Gasteiger partial charge in [0.1, 0.15) is 0 Å². The van der Waals surface area contributed by atoms with Crippen LogP contribution >= 0.6 is 0 Å². The van der Waals surface area contributed by atoms with E-state index in [1.807, 2.05) is 13.8 Å². The second-order valence-corrected chi connectivity index (χ2v) is 5.57. The van der Waals surface area contributed by atoms with Crippen molar-refractivity contribution < 1.29 is 14.7 Å². The molecule has 6 heteroatoms. The molecule has 1 unspecified atom stereocenters. The van der Waals surface area contributed by atoms with Crippen molar-refractivity contribution in [1.29, 1.82) is 0 Å². The first-order valence-electron chi connectivity index (χ1n) is 7.19. The largest absolute Gasteiger partial charge is 0.481 e. The average Bonchev–Trinajstić information content (AvgIpc) is 2.87. The first-order chi connectivity index (χ1) is 9.98. The number of aromatic nitrogens is 1. The molecule has 0 saturated carbocycles. The summed E-state index contributed by atoms with van der Waals surface area (Å²) in [6.07, 6.45) is 3.56. The number of urea groups is 1. The molecule has 1 aliphatic rings. The van der Waals surface area contributed by atoms with E-state index in [0.717, 1.165) is 12.1 Å². The molecule has 1 fully saturated rings. The number of nitrogens with one attached hydrogen (secondary N) is 1. The van der Waals surface area contributed by atoms with Crippen LogP contribution in [0.5, 0.6) is 0 Å². The minimum Gasteiger partial charge on any atom is -0.481 e. The summed E-state index contributed by atoms with van der Waals surface area (Å²) in [5.74, 6) is -0.808. The number of aliphatic carboxylic acids is 1. The van der Waals surface area contributed by atoms with Crippen molar-refractivity contribution in [3.05, 3.63) is 24.0 Å². The molecule has 1 aliphatic heterocycles. The fraction of sp³-hybridized carbons (Fsp3) is 0.533. The van der Waals surface area contributed by atoms with Gasteiger partial charge in [-0.15, -0.1) is 0 Å². The summed E-state index contributed by atoms with van der Waals surface area (Å²) in [6, 6.07) is 3.28. The van der Waals surface area contributed by atoms with Gasteiger partial charge in [-0.05, 0) is 31.9 Å². The lowest BCUT2D eigenvalue weighted by Crippen LogP contribution is -2.38. The Morgan fingerprint density at radius 2 is 2.29 bits per heavy atom. The van der Waals surface area contributed by atoms with Gasteiger partial charge in [-0.25, -0.2) is 4.79 Å². The van der Waals surface area contributed by atoms with Crippen LogP contribution < -0.4 is 5.32 Å². The van der Waals surface area contributed by atoms with Crippen molar-refractivity contribution in [1.82, 2.24) is 9.88 Å². The van der Waals surface area contributed by atoms with Gasteiger partial charge in [0.25, 0.3) is 0 Å². The molecule has 0 radical (unpaired) electrons. The SMILES string of the molecule is CCCC1(C(=O)O)CCN(C(=O)Nc2cccnc2C)C1. The molecule has 0 aliphatic carbocycles. The van der Waals surface area contributed by atoms with Gasteiger partial charge in [-0.1, -0.05) is 13.3 Å². The maximum Gasteiger partial charge on any atom is 0.321 e. The molecule has 1 saturated heterocycles. The lowest BCUT2D eigenvalue weighted by atomic mass is 9.83. The lowest BCUT2D eigenvalue weighted by Gasteiger charge is -2.24. The van der Waals surface area contributed by atoms with Crippen LogP contribution in [0, 0.1) is 12.3 Å². The van der Waals surface area contributed by atoms with Crippen molar-refractivity contribution in [2.75, 3.05) is 18.4 Å². The van der Waals surface area contributed by atoms with Gasteiger partial charge in [0.15, 0.2) is 0 Å². The van der Waals surface area contributed by atoms with E-state index in [0.29, 0.717) is 25.1 Å². The number of anilines is 1. The Labute approximate surface area is 124 Å². The molecule has 2 rings (SSSR count). The molecular formula is C15H21N3O3. The number of amides is 2. The summed E-state index contributed by atoms with van der Waals surface area (Å²) < 4.78 is 0. The highest BCUT2D eigenvalue weighted by atomic mass is 16.4. The van der Waals surface area contributed by atoms with Gasteiger partial charge in [0.2, 0.25) is 0 Å². The summed E-state index contributed by atoms with van der Waals surface area (Å²) in [4.78, 5) is 29.5. The van der Waals surface area contributed by atoms with Crippen LogP contribution in [0.2, 0.25) is 0 Å². The maximum atomic E-state index is 12.3. The number of nitrogens with zero attached hydrogens (tertiary/aromatic N) is 2. The summed E-state index contributed by atoms with van der Waals surface area (Å²) in [7, 11) is 0. The van der Waals surface area contributed by atoms with Gasteiger partial charge >= 0.3 is 12.0 Å². The van der Waals surface area contributed by atoms with Gasteiger partial charge in [-0.2, -0.15) is 0 Å². The van der Waals surface area contributed by atoms with Crippen LogP contribution in [0.4, 0.5) is 10.5 Å². The Morgan fingerprint density at radius 3 is 2.90 bits per heavy atom. The minimum atomic E-state index is -0.808. The number of pyridine rings is 1. The van der Waals surface area contributed by atoms with Gasteiger partial charge in [-0.3, -0.25) is 9.78 Å². The van der Waals surface area contributed by atoms with Crippen molar-refractivity contribution in [3.63, 3.8) is 0 Å². The molecular weight excluding hydrogens is 270 g/mol. The second-order valence-electron chi connectivity index (χ2n) is 5.57. The van der Waals surface area contributed by atoms with E-state index in [1.54, 1.807) is 23.2 Å². The number of aryl methyl sites for hydroxylation is 1. The highest BCUT2D eigenvalue weighted by Gasteiger charge is 2.45. The Bertz CT molecular complexity index is 547. The summed E-state index contributed by atoms with van der Waals surface area (Å²) in [6.45, 7) is 4.52. The molecule has 1 aromatic heterocycles. The first-order valence-corrected chi connectivity index (χ1v) is 7.19. The number of carboxylic acids is 1. The number of hydrogen-bond donors (Lipinski definition) is 2. The monoisotopic (exact) mass is 291 g/mol. The number of carboxylic acid groups (broad SMARTS) is 1. The summed E-state index contributed by atoms with van der Waals surface area (Å²) in [5.41, 5.74) is 0.602. The fourth-order valence-electron chi connectivity index (χ4n) is 2.82. The number of likely N-dealkylation sites (tertiary alicyclic amines) is 1. The zero-order valence-corrected chi connectivity index (χ0v) is 12.4. The molecule has 1 aromatic rings. The van der Waals surface area contributed by atoms with E-state index in [2.05, 4.69) is 10.3 Å². The van der Waals surface area contributed by atoms with E-state index in [-0.39, 0.29) is 12.6 Å². The Kier molecular flexibility index (Phi) is 4.45. The molecule has 0 spiro atoms. The molecule has 1 atom stereocenters. The van der Waals surface area contributed by atoms with Crippen LogP contribution in [0.15, 0.2) is 18.3 Å². The molecule has 2 heterocycles. The van der Waals surface area contributed by atoms with E-state index in [1.165, 1.54) is 0 Å². The zero-order chi connectivity index (χ0) is 15.5. The molecule has 114 valence electrons. The van der Waals surface area contributed by atoms with Crippen molar-refractivity contribution in [2.45, 2.75) is 33.1 Å². The number of rotatable bonds is 4. The molecule has 0 aromatic carbocycles. The standard InChI is InChI=1S/C15H21N3O3/c1-3-6-15(13(19)20)7-9-18(10-15)14(21)17-12-5-4-8-16-11(12)2/h4-5,8H,3,6-7,9-10H2,1-2H3,(H,17,21)(H,19,20). The minimum absolute atomic E-state index is 0.259. The van der Waals surface area contributed by atoms with Crippen LogP contribution in [0.3, 0.4) is 0 Å². The average molecular weight is 291 g/mol. The number of carbonyl (C=O) groups is 2. The molecule has 21 heavy (non-hydrogen) atoms. The van der Waals surface area contributed by atoms with Crippen LogP contribution in [0.1, 0.15) is 31.9 Å². The molecule has 2 N–H and O–H groups in total. The highest BCUT2D eigenvalue weighted by molar-refractivity contribution is 5.90. The number of carbonyl (C=O) groups excluding carboxylic acids is 1. The van der Waals surface area contributed by atoms with Gasteiger partial charge in [0, 0.05) is 19.3 Å². The third-order valence-electron chi connectivity index (χ3n) is 4.07. The van der Waals surface area contributed by atoms with Crippen molar-refractivity contribution in [2.24, 2.45) is 5.41 Å². The van der Waals surface area contributed by atoms with Gasteiger partial charge in [0.05, 0.1) is 16.8 Å². The highest BCUT2D eigenvalue weighted by Crippen LogP contribution is 2.35. The molecule has 2 amide bonds. The van der Waals surface area contributed by atoms with Crippen LogP contribution in [0.25, 0.3) is 0 Å². The van der Waals surface area contributed by atoms with E-state index in [9.17, 15) is 14.7 Å². The first kappa shape index (κ1) is 15.3. The Balaban J connectivity index is 2.05. The Morgan fingerprint density at radius 1 is 1.52 bits per heavy atom. The topological polar surface area (TPSA) is 82.5 Å². The van der Waals surface area contributed by atoms with Gasteiger partial charge < -0.3 is 15.3 Å². The fourth-order valence-corrected chi connectivity index (χ4v) is 2.82. The third kappa shape index (κ3) is 3.15. The predicted molar refractivity (Wildman–Crippen MR) is 79.2 cm³/mol. The smallest absolute Gasteiger partial charge is 0.321 e. The maximum absolute atomic E-state index is 12.3. The van der Waals surface area contributed by atoms with E-state index < -0.39 is 11.4 Å². The van der Waals surface area contributed by atoms with Crippen molar-refractivity contribution >= 4 is 17.7 Å². The van der Waals surface area contributed by atoms with Crippen LogP contribution in [-0.4, -0.2) is 40.1 Å². The Hall–Kier alpha value is -2.11.